The molecule has 0 saturated heterocycles. The van der Waals surface area contributed by atoms with E-state index in [9.17, 15) is 23.7 Å². The van der Waals surface area contributed by atoms with Crippen LogP contribution in [0.4, 0.5) is 14.5 Å². The monoisotopic (exact) mass is 246 g/mol. The van der Waals surface area contributed by atoms with Gasteiger partial charge in [0.25, 0.3) is 12.1 Å². The fourth-order valence-corrected chi connectivity index (χ4v) is 1.32. The summed E-state index contributed by atoms with van der Waals surface area (Å²) in [7, 11) is 0. The van der Waals surface area contributed by atoms with Crippen LogP contribution >= 0.6 is 0 Å². The Morgan fingerprint density at radius 1 is 1.65 bits per heavy atom. The Morgan fingerprint density at radius 3 is 2.65 bits per heavy atom. The Balaban J connectivity index is 3.36. The number of carbonyl (C=O) groups is 1. The molecule has 0 fully saturated rings. The second kappa shape index (κ2) is 4.81. The number of carboxylic acid groups (broad SMARTS) is 1. The number of nitro groups is 1. The number of hydrogen-bond donors (Lipinski definition) is 1. The van der Waals surface area contributed by atoms with Crippen molar-refractivity contribution in [2.45, 2.75) is 19.8 Å². The number of alkyl halides is 2. The van der Waals surface area contributed by atoms with E-state index in [2.05, 4.69) is 4.98 Å². The second-order valence-corrected chi connectivity index (χ2v) is 3.27. The molecular formula is C9H8F2N2O4. The number of carboxylic acids is 1. The number of rotatable bonds is 4. The Bertz CT molecular complexity index is 476. The smallest absolute Gasteiger partial charge is 0.309 e. The molecule has 6 nitrogen and oxygen atoms in total. The molecule has 0 aliphatic carbocycles. The zero-order valence-electron chi connectivity index (χ0n) is 8.68. The molecule has 0 unspecified atom stereocenters. The van der Waals surface area contributed by atoms with Gasteiger partial charge in [-0.15, -0.1) is 0 Å². The minimum absolute atomic E-state index is 0.251. The van der Waals surface area contributed by atoms with Crippen molar-refractivity contribution < 1.29 is 23.6 Å². The first-order valence-corrected chi connectivity index (χ1v) is 4.47. The molecule has 0 radical (unpaired) electrons. The summed E-state index contributed by atoms with van der Waals surface area (Å²) in [6.45, 7) is 1.15. The highest BCUT2D eigenvalue weighted by Gasteiger charge is 2.23. The van der Waals surface area contributed by atoms with E-state index in [1.54, 1.807) is 0 Å². The zero-order chi connectivity index (χ0) is 13.2. The van der Waals surface area contributed by atoms with Gasteiger partial charge in [-0.1, -0.05) is 0 Å². The topological polar surface area (TPSA) is 93.3 Å². The summed E-state index contributed by atoms with van der Waals surface area (Å²) in [5.74, 6) is -1.30. The molecule has 0 aliphatic rings. The lowest BCUT2D eigenvalue weighted by molar-refractivity contribution is -0.385. The fourth-order valence-electron chi connectivity index (χ4n) is 1.32. The third-order valence-electron chi connectivity index (χ3n) is 2.07. The highest BCUT2D eigenvalue weighted by Crippen LogP contribution is 2.28. The van der Waals surface area contributed by atoms with Gasteiger partial charge in [0.1, 0.15) is 5.69 Å². The maximum atomic E-state index is 12.6. The normalized spacial score (nSPS) is 10.6. The van der Waals surface area contributed by atoms with Crippen molar-refractivity contribution >= 4 is 11.7 Å². The first-order valence-electron chi connectivity index (χ1n) is 4.47. The van der Waals surface area contributed by atoms with Crippen molar-refractivity contribution in [3.8, 4) is 0 Å². The van der Waals surface area contributed by atoms with Crippen LogP contribution in [0.15, 0.2) is 6.07 Å². The van der Waals surface area contributed by atoms with E-state index >= 15 is 0 Å². The third-order valence-corrected chi connectivity index (χ3v) is 2.07. The van der Waals surface area contributed by atoms with Crippen molar-refractivity contribution in [3.05, 3.63) is 33.1 Å². The van der Waals surface area contributed by atoms with Gasteiger partial charge in [0, 0.05) is 6.07 Å². The molecule has 0 aliphatic heterocycles. The maximum absolute atomic E-state index is 12.6. The Hall–Kier alpha value is -2.12. The predicted molar refractivity (Wildman–Crippen MR) is 51.9 cm³/mol. The van der Waals surface area contributed by atoms with E-state index in [0.717, 1.165) is 13.0 Å². The van der Waals surface area contributed by atoms with Gasteiger partial charge in [-0.05, 0) is 6.92 Å². The Labute approximate surface area is 94.1 Å². The molecule has 0 amide bonds. The number of pyridine rings is 1. The lowest BCUT2D eigenvalue weighted by Crippen LogP contribution is -2.08. The largest absolute Gasteiger partial charge is 0.481 e. The number of nitrogens with zero attached hydrogens (tertiary/aromatic N) is 2. The van der Waals surface area contributed by atoms with E-state index in [0.29, 0.717) is 0 Å². The van der Waals surface area contributed by atoms with Crippen molar-refractivity contribution in [1.29, 1.82) is 0 Å². The summed E-state index contributed by atoms with van der Waals surface area (Å²) >= 11 is 0. The molecular weight excluding hydrogens is 238 g/mol. The first kappa shape index (κ1) is 12.9. The van der Waals surface area contributed by atoms with Crippen LogP contribution < -0.4 is 0 Å². The number of halogens is 2. The van der Waals surface area contributed by atoms with E-state index in [-0.39, 0.29) is 11.3 Å². The molecule has 1 N–H and O–H groups in total. The molecule has 92 valence electrons. The van der Waals surface area contributed by atoms with Gasteiger partial charge in [-0.2, -0.15) is 0 Å². The van der Waals surface area contributed by atoms with Crippen LogP contribution in [-0.2, 0) is 11.2 Å². The van der Waals surface area contributed by atoms with E-state index in [1.807, 2.05) is 0 Å². The average molecular weight is 246 g/mol. The van der Waals surface area contributed by atoms with Crippen LogP contribution in [0.25, 0.3) is 0 Å². The Kier molecular flexibility index (Phi) is 3.66. The standard InChI is InChI=1S/C9H8F2N2O4/c1-4-6(13(16)17)2-5(3-7(14)15)12-8(4)9(10)11/h2,9H,3H2,1H3,(H,14,15). The third kappa shape index (κ3) is 2.92. The molecule has 1 aromatic rings. The summed E-state index contributed by atoms with van der Waals surface area (Å²) in [5, 5.41) is 19.1. The van der Waals surface area contributed by atoms with Crippen molar-refractivity contribution in [3.63, 3.8) is 0 Å². The first-order chi connectivity index (χ1) is 7.82. The minimum atomic E-state index is -2.98. The van der Waals surface area contributed by atoms with Crippen LogP contribution in [0, 0.1) is 17.0 Å². The highest BCUT2D eigenvalue weighted by atomic mass is 19.3. The molecule has 0 spiro atoms. The van der Waals surface area contributed by atoms with E-state index in [4.69, 9.17) is 5.11 Å². The molecule has 0 bridgehead atoms. The van der Waals surface area contributed by atoms with Crippen molar-refractivity contribution in [2.24, 2.45) is 0 Å². The van der Waals surface area contributed by atoms with Gasteiger partial charge < -0.3 is 5.11 Å². The SMILES string of the molecule is Cc1c([N+](=O)[O-])cc(CC(=O)O)nc1C(F)F. The molecule has 0 atom stereocenters. The van der Waals surface area contributed by atoms with Gasteiger partial charge in [-0.3, -0.25) is 19.9 Å². The molecule has 0 aromatic carbocycles. The summed E-state index contributed by atoms with van der Waals surface area (Å²) in [5.41, 5.74) is -1.81. The Morgan fingerprint density at radius 2 is 2.24 bits per heavy atom. The van der Waals surface area contributed by atoms with Crippen LogP contribution in [0.5, 0.6) is 0 Å². The van der Waals surface area contributed by atoms with Crippen molar-refractivity contribution in [2.75, 3.05) is 0 Å². The minimum Gasteiger partial charge on any atom is -0.481 e. The van der Waals surface area contributed by atoms with Crippen molar-refractivity contribution in [1.82, 2.24) is 4.98 Å². The van der Waals surface area contributed by atoms with Gasteiger partial charge in [-0.25, -0.2) is 8.78 Å². The quantitative estimate of drug-likeness (QED) is 0.646. The molecule has 1 rings (SSSR count). The van der Waals surface area contributed by atoms with E-state index in [1.165, 1.54) is 0 Å². The van der Waals surface area contributed by atoms with Crippen LogP contribution in [0.2, 0.25) is 0 Å². The second-order valence-electron chi connectivity index (χ2n) is 3.27. The summed E-state index contributed by atoms with van der Waals surface area (Å²) in [4.78, 5) is 23.6. The summed E-state index contributed by atoms with van der Waals surface area (Å²) < 4.78 is 25.1. The van der Waals surface area contributed by atoms with Crippen LogP contribution in [0.1, 0.15) is 23.4 Å². The predicted octanol–water partition coefficient (Wildman–Crippen LogP) is 1.86. The van der Waals surface area contributed by atoms with Crippen LogP contribution in [0.3, 0.4) is 0 Å². The van der Waals surface area contributed by atoms with Crippen LogP contribution in [-0.4, -0.2) is 21.0 Å². The van der Waals surface area contributed by atoms with E-state index < -0.39 is 35.1 Å². The number of hydrogen-bond acceptors (Lipinski definition) is 4. The van der Waals surface area contributed by atoms with Gasteiger partial charge in [0.2, 0.25) is 0 Å². The fraction of sp³-hybridized carbons (Fsp3) is 0.333. The molecule has 1 aromatic heterocycles. The molecule has 1 heterocycles. The lowest BCUT2D eigenvalue weighted by Gasteiger charge is -2.06. The number of aromatic nitrogens is 1. The summed E-state index contributed by atoms with van der Waals surface area (Å²) in [6.07, 6.45) is -3.62. The molecule has 0 saturated carbocycles. The lowest BCUT2D eigenvalue weighted by atomic mass is 10.1. The molecule has 17 heavy (non-hydrogen) atoms. The number of aliphatic carboxylic acids is 1. The maximum Gasteiger partial charge on any atom is 0.309 e. The summed E-state index contributed by atoms with van der Waals surface area (Å²) in [6, 6.07) is 0.898. The average Bonchev–Trinajstić information content (AvgIpc) is 2.18. The molecule has 8 heteroatoms. The van der Waals surface area contributed by atoms with Gasteiger partial charge in [0.05, 0.1) is 22.6 Å². The highest BCUT2D eigenvalue weighted by molar-refractivity contribution is 5.70. The zero-order valence-corrected chi connectivity index (χ0v) is 8.68. The van der Waals surface area contributed by atoms with Gasteiger partial charge in [0.15, 0.2) is 0 Å². The van der Waals surface area contributed by atoms with Gasteiger partial charge >= 0.3 is 5.97 Å².